The van der Waals surface area contributed by atoms with Gasteiger partial charge in [-0.05, 0) is 37.4 Å². The van der Waals surface area contributed by atoms with Crippen LogP contribution in [0, 0.1) is 5.92 Å². The van der Waals surface area contributed by atoms with Gasteiger partial charge in [-0.3, -0.25) is 9.59 Å². The standard InChI is InChI=1S/C19H29N3O4/c1-21(13-15-6-5-9-22(14-15)10-11-26-2)19(25)16-7-3-4-8-17(16)20-12-18(23)24/h3-4,7-8,15,20H,5-6,9-14H2,1-2H3,(H,23,24)/t15-/m0/s1. The van der Waals surface area contributed by atoms with Gasteiger partial charge in [0, 0.05) is 39.5 Å². The number of nitrogens with zero attached hydrogens (tertiary/aromatic N) is 2. The van der Waals surface area contributed by atoms with Gasteiger partial charge in [-0.1, -0.05) is 12.1 Å². The summed E-state index contributed by atoms with van der Waals surface area (Å²) in [5, 5.41) is 11.7. The maximum absolute atomic E-state index is 12.8. The molecule has 2 N–H and O–H groups in total. The van der Waals surface area contributed by atoms with E-state index in [-0.39, 0.29) is 12.5 Å². The smallest absolute Gasteiger partial charge is 0.322 e. The molecule has 1 aromatic rings. The molecule has 1 aliphatic heterocycles. The van der Waals surface area contributed by atoms with Gasteiger partial charge in [-0.2, -0.15) is 0 Å². The Balaban J connectivity index is 1.96. The number of ether oxygens (including phenoxy) is 1. The fourth-order valence-corrected chi connectivity index (χ4v) is 3.39. The molecule has 7 heteroatoms. The van der Waals surface area contributed by atoms with Crippen LogP contribution in [0.4, 0.5) is 5.69 Å². The molecule has 0 spiro atoms. The third-order valence-corrected chi connectivity index (χ3v) is 4.68. The first-order chi connectivity index (χ1) is 12.5. The molecule has 1 aliphatic rings. The molecular formula is C19H29N3O4. The zero-order chi connectivity index (χ0) is 18.9. The average molecular weight is 363 g/mol. The first-order valence-electron chi connectivity index (χ1n) is 9.02. The third kappa shape index (κ3) is 6.00. The molecule has 1 heterocycles. The van der Waals surface area contributed by atoms with Gasteiger partial charge in [0.1, 0.15) is 6.54 Å². The second kappa shape index (κ2) is 10.1. The number of methoxy groups -OCH3 is 1. The Morgan fingerprint density at radius 2 is 2.15 bits per heavy atom. The summed E-state index contributed by atoms with van der Waals surface area (Å²) in [4.78, 5) is 27.8. The van der Waals surface area contributed by atoms with Crippen molar-refractivity contribution in [1.82, 2.24) is 9.80 Å². The van der Waals surface area contributed by atoms with Crippen molar-refractivity contribution in [2.45, 2.75) is 12.8 Å². The van der Waals surface area contributed by atoms with Crippen LogP contribution in [0.5, 0.6) is 0 Å². The highest BCUT2D eigenvalue weighted by Crippen LogP contribution is 2.20. The molecule has 26 heavy (non-hydrogen) atoms. The lowest BCUT2D eigenvalue weighted by Gasteiger charge is -2.34. The van der Waals surface area contributed by atoms with Crippen LogP contribution in [0.2, 0.25) is 0 Å². The van der Waals surface area contributed by atoms with E-state index in [9.17, 15) is 9.59 Å². The Morgan fingerprint density at radius 1 is 1.38 bits per heavy atom. The first kappa shape index (κ1) is 20.2. The van der Waals surface area contributed by atoms with Gasteiger partial charge in [0.05, 0.1) is 12.2 Å². The van der Waals surface area contributed by atoms with Gasteiger partial charge in [-0.15, -0.1) is 0 Å². The minimum Gasteiger partial charge on any atom is -0.480 e. The molecule has 0 radical (unpaired) electrons. The number of likely N-dealkylation sites (tertiary alicyclic amines) is 1. The van der Waals surface area contributed by atoms with Crippen LogP contribution < -0.4 is 5.32 Å². The molecule has 0 aliphatic carbocycles. The highest BCUT2D eigenvalue weighted by atomic mass is 16.5. The van der Waals surface area contributed by atoms with E-state index >= 15 is 0 Å². The zero-order valence-corrected chi connectivity index (χ0v) is 15.6. The Hall–Kier alpha value is -2.12. The van der Waals surface area contributed by atoms with Crippen LogP contribution in [-0.4, -0.2) is 80.3 Å². The first-order valence-corrected chi connectivity index (χ1v) is 9.02. The molecule has 1 fully saturated rings. The lowest BCUT2D eigenvalue weighted by molar-refractivity contribution is -0.134. The van der Waals surface area contributed by atoms with Gasteiger partial charge in [-0.25, -0.2) is 0 Å². The van der Waals surface area contributed by atoms with E-state index in [0.717, 1.165) is 39.1 Å². The van der Waals surface area contributed by atoms with Crippen LogP contribution in [-0.2, 0) is 9.53 Å². The highest BCUT2D eigenvalue weighted by Gasteiger charge is 2.24. The number of benzene rings is 1. The Kier molecular flexibility index (Phi) is 7.87. The summed E-state index contributed by atoms with van der Waals surface area (Å²) < 4.78 is 5.15. The fraction of sp³-hybridized carbons (Fsp3) is 0.579. The average Bonchev–Trinajstić information content (AvgIpc) is 2.64. The van der Waals surface area contributed by atoms with Gasteiger partial charge in [0.2, 0.25) is 0 Å². The molecule has 1 atom stereocenters. The van der Waals surface area contributed by atoms with Crippen LogP contribution in [0.3, 0.4) is 0 Å². The van der Waals surface area contributed by atoms with Crippen LogP contribution in [0.1, 0.15) is 23.2 Å². The number of hydrogen-bond donors (Lipinski definition) is 2. The Labute approximate surface area is 154 Å². The van der Waals surface area contributed by atoms with E-state index in [1.807, 2.05) is 7.05 Å². The molecule has 1 saturated heterocycles. The molecule has 1 amide bonds. The number of carbonyl (C=O) groups excluding carboxylic acids is 1. The summed E-state index contributed by atoms with van der Waals surface area (Å²) in [7, 11) is 3.52. The van der Waals surface area contributed by atoms with Gasteiger partial charge in [0.15, 0.2) is 0 Å². The number of para-hydroxylation sites is 1. The van der Waals surface area contributed by atoms with Crippen molar-refractivity contribution in [1.29, 1.82) is 0 Å². The van der Waals surface area contributed by atoms with Crippen LogP contribution in [0.15, 0.2) is 24.3 Å². The summed E-state index contributed by atoms with van der Waals surface area (Å²) in [6.07, 6.45) is 2.24. The molecule has 1 aromatic carbocycles. The topological polar surface area (TPSA) is 82.1 Å². The van der Waals surface area contributed by atoms with E-state index in [0.29, 0.717) is 23.7 Å². The SMILES string of the molecule is COCCN1CCC[C@@H](CN(C)C(=O)c2ccccc2NCC(=O)O)C1. The molecule has 0 bridgehead atoms. The molecule has 7 nitrogen and oxygen atoms in total. The minimum atomic E-state index is -0.959. The second-order valence-electron chi connectivity index (χ2n) is 6.78. The Morgan fingerprint density at radius 3 is 2.88 bits per heavy atom. The number of aliphatic carboxylic acids is 1. The summed E-state index contributed by atoms with van der Waals surface area (Å²) in [6, 6.07) is 7.04. The monoisotopic (exact) mass is 363 g/mol. The van der Waals surface area contributed by atoms with E-state index in [2.05, 4.69) is 10.2 Å². The van der Waals surface area contributed by atoms with Crippen LogP contribution in [0.25, 0.3) is 0 Å². The van der Waals surface area contributed by atoms with Gasteiger partial charge in [0.25, 0.3) is 5.91 Å². The fourth-order valence-electron chi connectivity index (χ4n) is 3.39. The van der Waals surface area contributed by atoms with Crippen molar-refractivity contribution in [2.24, 2.45) is 5.92 Å². The lowest BCUT2D eigenvalue weighted by atomic mass is 9.97. The van der Waals surface area contributed by atoms with E-state index < -0.39 is 5.97 Å². The molecule has 144 valence electrons. The number of carbonyl (C=O) groups is 2. The summed E-state index contributed by atoms with van der Waals surface area (Å²) >= 11 is 0. The number of nitrogens with one attached hydrogen (secondary N) is 1. The predicted octanol–water partition coefficient (Wildman–Crippen LogP) is 1.61. The summed E-state index contributed by atoms with van der Waals surface area (Å²) in [5.41, 5.74) is 1.06. The summed E-state index contributed by atoms with van der Waals surface area (Å²) in [6.45, 7) is 4.18. The highest BCUT2D eigenvalue weighted by molar-refractivity contribution is 5.99. The van der Waals surface area contributed by atoms with Crippen molar-refractivity contribution >= 4 is 17.6 Å². The van der Waals surface area contributed by atoms with Gasteiger partial charge >= 0.3 is 5.97 Å². The van der Waals surface area contributed by atoms with E-state index in [1.54, 1.807) is 36.3 Å². The molecular weight excluding hydrogens is 334 g/mol. The number of rotatable bonds is 9. The number of anilines is 1. The lowest BCUT2D eigenvalue weighted by Crippen LogP contribution is -2.42. The summed E-state index contributed by atoms with van der Waals surface area (Å²) in [5.74, 6) is -0.611. The maximum Gasteiger partial charge on any atom is 0.322 e. The number of carboxylic acid groups (broad SMARTS) is 1. The molecule has 0 unspecified atom stereocenters. The number of carboxylic acids is 1. The number of hydrogen-bond acceptors (Lipinski definition) is 5. The Bertz CT molecular complexity index is 608. The normalized spacial score (nSPS) is 17.7. The largest absolute Gasteiger partial charge is 0.480 e. The molecule has 2 rings (SSSR count). The molecule has 0 aromatic heterocycles. The number of amides is 1. The van der Waals surface area contributed by atoms with Crippen molar-refractivity contribution < 1.29 is 19.4 Å². The van der Waals surface area contributed by atoms with Crippen molar-refractivity contribution in [3.05, 3.63) is 29.8 Å². The van der Waals surface area contributed by atoms with E-state index in [1.165, 1.54) is 0 Å². The second-order valence-corrected chi connectivity index (χ2v) is 6.78. The quantitative estimate of drug-likeness (QED) is 0.694. The zero-order valence-electron chi connectivity index (χ0n) is 15.6. The molecule has 0 saturated carbocycles. The number of piperidine rings is 1. The van der Waals surface area contributed by atoms with Crippen molar-refractivity contribution in [3.63, 3.8) is 0 Å². The van der Waals surface area contributed by atoms with Gasteiger partial charge < -0.3 is 25.0 Å². The van der Waals surface area contributed by atoms with Crippen molar-refractivity contribution in [2.75, 3.05) is 58.8 Å². The van der Waals surface area contributed by atoms with E-state index in [4.69, 9.17) is 9.84 Å². The minimum absolute atomic E-state index is 0.0903. The maximum atomic E-state index is 12.8. The van der Waals surface area contributed by atoms with Crippen LogP contribution >= 0.6 is 0 Å². The third-order valence-electron chi connectivity index (χ3n) is 4.68. The predicted molar refractivity (Wildman–Crippen MR) is 101 cm³/mol. The van der Waals surface area contributed by atoms with Crippen molar-refractivity contribution in [3.8, 4) is 0 Å².